The van der Waals surface area contributed by atoms with E-state index in [2.05, 4.69) is 10.2 Å². The van der Waals surface area contributed by atoms with Crippen LogP contribution in [-0.2, 0) is 6.18 Å². The quantitative estimate of drug-likeness (QED) is 0.846. The van der Waals surface area contributed by atoms with Crippen LogP contribution in [0, 0.1) is 0 Å². The zero-order valence-electron chi connectivity index (χ0n) is 13.4. The van der Waals surface area contributed by atoms with Gasteiger partial charge in [0.1, 0.15) is 5.75 Å². The van der Waals surface area contributed by atoms with Crippen LogP contribution in [0.2, 0.25) is 0 Å². The highest BCUT2D eigenvalue weighted by molar-refractivity contribution is 5.97. The number of likely N-dealkylation sites (tertiary alicyclic amines) is 1. The number of hydrogen-bond acceptors (Lipinski definition) is 5. The first-order valence-corrected chi connectivity index (χ1v) is 7.73. The molecule has 0 spiro atoms. The standard InChI is InChI=1S/C16H16F3N3O3/c1-24-12-5-3-2-4-11(12)14(23)22-8-6-10(7-9-22)13-20-21-15(25-13)16(17,18)19/h2-5,10H,6-9H2,1H3. The highest BCUT2D eigenvalue weighted by Crippen LogP contribution is 2.33. The Bertz CT molecular complexity index is 752. The van der Waals surface area contributed by atoms with Gasteiger partial charge in [-0.15, -0.1) is 10.2 Å². The zero-order valence-corrected chi connectivity index (χ0v) is 13.4. The van der Waals surface area contributed by atoms with Gasteiger partial charge in [0, 0.05) is 19.0 Å². The average Bonchev–Trinajstić information content (AvgIpc) is 3.12. The summed E-state index contributed by atoms with van der Waals surface area (Å²) >= 11 is 0. The molecule has 0 radical (unpaired) electrons. The minimum atomic E-state index is -4.65. The Morgan fingerprint density at radius 3 is 2.52 bits per heavy atom. The summed E-state index contributed by atoms with van der Waals surface area (Å²) in [4.78, 5) is 14.3. The zero-order chi connectivity index (χ0) is 18.0. The number of aromatic nitrogens is 2. The van der Waals surface area contributed by atoms with Crippen molar-refractivity contribution < 1.29 is 27.1 Å². The van der Waals surface area contributed by atoms with Crippen LogP contribution in [0.3, 0.4) is 0 Å². The highest BCUT2D eigenvalue weighted by atomic mass is 19.4. The summed E-state index contributed by atoms with van der Waals surface area (Å²) < 4.78 is 47.5. The molecule has 134 valence electrons. The Kier molecular flexibility index (Phi) is 4.65. The van der Waals surface area contributed by atoms with E-state index in [1.54, 1.807) is 29.2 Å². The summed E-state index contributed by atoms with van der Waals surface area (Å²) in [7, 11) is 1.49. The van der Waals surface area contributed by atoms with E-state index in [9.17, 15) is 18.0 Å². The summed E-state index contributed by atoms with van der Waals surface area (Å²) in [5, 5.41) is 6.55. The lowest BCUT2D eigenvalue weighted by Gasteiger charge is -2.30. The van der Waals surface area contributed by atoms with Crippen LogP contribution >= 0.6 is 0 Å². The molecule has 1 fully saturated rings. The Balaban J connectivity index is 1.66. The number of benzene rings is 1. The van der Waals surface area contributed by atoms with E-state index in [0.717, 1.165) is 0 Å². The van der Waals surface area contributed by atoms with E-state index in [1.807, 2.05) is 0 Å². The van der Waals surface area contributed by atoms with E-state index in [4.69, 9.17) is 9.15 Å². The molecular weight excluding hydrogens is 339 g/mol. The van der Waals surface area contributed by atoms with Gasteiger partial charge in [-0.1, -0.05) is 12.1 Å². The number of nitrogens with zero attached hydrogens (tertiary/aromatic N) is 3. The molecule has 0 saturated carbocycles. The minimum Gasteiger partial charge on any atom is -0.496 e. The van der Waals surface area contributed by atoms with E-state index in [0.29, 0.717) is 37.2 Å². The number of methoxy groups -OCH3 is 1. The molecule has 6 nitrogen and oxygen atoms in total. The van der Waals surface area contributed by atoms with E-state index >= 15 is 0 Å². The summed E-state index contributed by atoms with van der Waals surface area (Å²) in [5.41, 5.74) is 0.459. The number of ether oxygens (including phenoxy) is 1. The van der Waals surface area contributed by atoms with Gasteiger partial charge in [0.2, 0.25) is 5.89 Å². The van der Waals surface area contributed by atoms with Crippen molar-refractivity contribution in [2.24, 2.45) is 0 Å². The number of alkyl halides is 3. The van der Waals surface area contributed by atoms with Crippen molar-refractivity contribution in [2.45, 2.75) is 24.9 Å². The monoisotopic (exact) mass is 355 g/mol. The second kappa shape index (κ2) is 6.73. The number of amides is 1. The molecule has 25 heavy (non-hydrogen) atoms. The van der Waals surface area contributed by atoms with Crippen molar-refractivity contribution in [3.8, 4) is 5.75 Å². The molecule has 0 N–H and O–H groups in total. The maximum atomic E-state index is 12.6. The van der Waals surface area contributed by atoms with Gasteiger partial charge in [-0.25, -0.2) is 0 Å². The number of carbonyl (C=O) groups excluding carboxylic acids is 1. The number of piperidine rings is 1. The maximum absolute atomic E-state index is 12.6. The van der Waals surface area contributed by atoms with Crippen molar-refractivity contribution in [2.75, 3.05) is 20.2 Å². The molecule has 3 rings (SSSR count). The molecule has 1 aromatic carbocycles. The van der Waals surface area contributed by atoms with Crippen molar-refractivity contribution in [1.29, 1.82) is 0 Å². The average molecular weight is 355 g/mol. The smallest absolute Gasteiger partial charge is 0.470 e. The summed E-state index contributed by atoms with van der Waals surface area (Å²) in [6.45, 7) is 0.788. The van der Waals surface area contributed by atoms with Crippen LogP contribution in [0.5, 0.6) is 5.75 Å². The predicted molar refractivity (Wildman–Crippen MR) is 80.2 cm³/mol. The van der Waals surface area contributed by atoms with Crippen molar-refractivity contribution in [3.05, 3.63) is 41.6 Å². The Hall–Kier alpha value is -2.58. The highest BCUT2D eigenvalue weighted by Gasteiger charge is 2.39. The second-order valence-corrected chi connectivity index (χ2v) is 5.71. The fourth-order valence-electron chi connectivity index (χ4n) is 2.84. The molecule has 0 aliphatic carbocycles. The molecule has 0 bridgehead atoms. The largest absolute Gasteiger partial charge is 0.496 e. The lowest BCUT2D eigenvalue weighted by atomic mass is 9.96. The van der Waals surface area contributed by atoms with Gasteiger partial charge in [0.15, 0.2) is 0 Å². The van der Waals surface area contributed by atoms with Gasteiger partial charge in [0.25, 0.3) is 5.91 Å². The van der Waals surface area contributed by atoms with Crippen LogP contribution in [0.4, 0.5) is 13.2 Å². The number of para-hydroxylation sites is 1. The third-order valence-corrected chi connectivity index (χ3v) is 4.15. The summed E-state index contributed by atoms with van der Waals surface area (Å²) in [5.74, 6) is -1.34. The van der Waals surface area contributed by atoms with Gasteiger partial charge in [-0.05, 0) is 25.0 Å². The normalized spacial score (nSPS) is 16.1. The minimum absolute atomic E-state index is 0.0308. The van der Waals surface area contributed by atoms with E-state index in [1.165, 1.54) is 7.11 Å². The van der Waals surface area contributed by atoms with Gasteiger partial charge in [-0.2, -0.15) is 13.2 Å². The fourth-order valence-corrected chi connectivity index (χ4v) is 2.84. The molecule has 0 unspecified atom stereocenters. The topological polar surface area (TPSA) is 68.5 Å². The molecule has 1 aliphatic rings. The Morgan fingerprint density at radius 2 is 1.92 bits per heavy atom. The SMILES string of the molecule is COc1ccccc1C(=O)N1CCC(c2nnc(C(F)(F)F)o2)CC1. The van der Waals surface area contributed by atoms with Gasteiger partial charge < -0.3 is 14.1 Å². The van der Waals surface area contributed by atoms with Crippen LogP contribution in [0.15, 0.2) is 28.7 Å². The van der Waals surface area contributed by atoms with Gasteiger partial charge in [0.05, 0.1) is 12.7 Å². The lowest BCUT2D eigenvalue weighted by Crippen LogP contribution is -2.38. The molecule has 2 heterocycles. The number of halogens is 3. The predicted octanol–water partition coefficient (Wildman–Crippen LogP) is 3.12. The summed E-state index contributed by atoms with van der Waals surface area (Å²) in [6, 6.07) is 6.91. The number of rotatable bonds is 3. The Labute approximate surface area is 141 Å². The molecule has 9 heteroatoms. The van der Waals surface area contributed by atoms with E-state index < -0.39 is 12.1 Å². The first kappa shape index (κ1) is 17.2. The van der Waals surface area contributed by atoms with E-state index in [-0.39, 0.29) is 17.7 Å². The van der Waals surface area contributed by atoms with Crippen molar-refractivity contribution in [3.63, 3.8) is 0 Å². The molecule has 0 atom stereocenters. The van der Waals surface area contributed by atoms with Gasteiger partial charge in [-0.3, -0.25) is 4.79 Å². The third-order valence-electron chi connectivity index (χ3n) is 4.15. The van der Waals surface area contributed by atoms with Crippen LogP contribution < -0.4 is 4.74 Å². The third kappa shape index (κ3) is 3.59. The Morgan fingerprint density at radius 1 is 1.24 bits per heavy atom. The summed E-state index contributed by atoms with van der Waals surface area (Å²) in [6.07, 6.45) is -3.73. The van der Waals surface area contributed by atoms with Crippen molar-refractivity contribution in [1.82, 2.24) is 15.1 Å². The fraction of sp³-hybridized carbons (Fsp3) is 0.438. The number of carbonyl (C=O) groups is 1. The first-order valence-electron chi connectivity index (χ1n) is 7.73. The molecule has 1 amide bonds. The lowest BCUT2D eigenvalue weighted by molar-refractivity contribution is -0.157. The molecule has 1 aromatic heterocycles. The molecule has 1 saturated heterocycles. The van der Waals surface area contributed by atoms with Gasteiger partial charge >= 0.3 is 12.1 Å². The molecule has 2 aromatic rings. The molecule has 1 aliphatic heterocycles. The van der Waals surface area contributed by atoms with Crippen LogP contribution in [-0.4, -0.2) is 41.2 Å². The van der Waals surface area contributed by atoms with Crippen LogP contribution in [0.1, 0.15) is 40.9 Å². The van der Waals surface area contributed by atoms with Crippen molar-refractivity contribution >= 4 is 5.91 Å². The number of hydrogen-bond donors (Lipinski definition) is 0. The second-order valence-electron chi connectivity index (χ2n) is 5.71. The maximum Gasteiger partial charge on any atom is 0.470 e. The first-order chi connectivity index (χ1) is 11.9. The molecular formula is C16H16F3N3O3. The van der Waals surface area contributed by atoms with Crippen LogP contribution in [0.25, 0.3) is 0 Å².